The van der Waals surface area contributed by atoms with Crippen molar-refractivity contribution in [2.75, 3.05) is 0 Å². The highest BCUT2D eigenvalue weighted by Crippen LogP contribution is 2.35. The summed E-state index contributed by atoms with van der Waals surface area (Å²) in [7, 11) is 0. The zero-order chi connectivity index (χ0) is 21.0. The monoisotopic (exact) mass is 392 g/mol. The van der Waals surface area contributed by atoms with Crippen LogP contribution in [0.3, 0.4) is 0 Å². The first-order valence-electron chi connectivity index (χ1n) is 10.5. The molecule has 0 radical (unpaired) electrons. The molecule has 1 atom stereocenters. The molecule has 30 heavy (non-hydrogen) atoms. The number of hydrogen-bond donors (Lipinski definition) is 1. The molecule has 0 bridgehead atoms. The molecule has 0 saturated heterocycles. The van der Waals surface area contributed by atoms with E-state index in [-0.39, 0.29) is 5.41 Å². The minimum Gasteiger partial charge on any atom is -0.508 e. The van der Waals surface area contributed by atoms with E-state index in [0.29, 0.717) is 11.7 Å². The minimum atomic E-state index is -0.131. The van der Waals surface area contributed by atoms with Gasteiger partial charge in [0.05, 0.1) is 0 Å². The van der Waals surface area contributed by atoms with Crippen molar-refractivity contribution in [1.29, 1.82) is 0 Å². The topological polar surface area (TPSA) is 20.2 Å². The highest BCUT2D eigenvalue weighted by Gasteiger charge is 2.24. The lowest BCUT2D eigenvalue weighted by atomic mass is 9.77. The molecule has 0 aliphatic heterocycles. The smallest absolute Gasteiger partial charge is 0.115 e. The summed E-state index contributed by atoms with van der Waals surface area (Å²) in [6.07, 6.45) is 0.978. The van der Waals surface area contributed by atoms with Gasteiger partial charge < -0.3 is 5.11 Å². The van der Waals surface area contributed by atoms with Gasteiger partial charge in [0.15, 0.2) is 0 Å². The van der Waals surface area contributed by atoms with Gasteiger partial charge in [-0.05, 0) is 46.4 Å². The van der Waals surface area contributed by atoms with Gasteiger partial charge in [0, 0.05) is 11.3 Å². The van der Waals surface area contributed by atoms with Crippen LogP contribution in [-0.4, -0.2) is 5.11 Å². The summed E-state index contributed by atoms with van der Waals surface area (Å²) in [5.41, 5.74) is 6.34. The van der Waals surface area contributed by atoms with Crippen LogP contribution in [0.2, 0.25) is 0 Å². The summed E-state index contributed by atoms with van der Waals surface area (Å²) >= 11 is 0. The zero-order valence-electron chi connectivity index (χ0n) is 17.6. The van der Waals surface area contributed by atoms with Crippen LogP contribution in [0.1, 0.15) is 47.6 Å². The molecule has 0 aromatic heterocycles. The minimum absolute atomic E-state index is 0.131. The van der Waals surface area contributed by atoms with Crippen LogP contribution in [0.15, 0.2) is 109 Å². The number of phenolic OH excluding ortho intramolecular Hbond substituents is 1. The molecule has 0 spiro atoms. The van der Waals surface area contributed by atoms with Gasteiger partial charge in [-0.3, -0.25) is 0 Å². The van der Waals surface area contributed by atoms with Crippen molar-refractivity contribution in [3.05, 3.63) is 137 Å². The average Bonchev–Trinajstić information content (AvgIpc) is 2.79. The van der Waals surface area contributed by atoms with Crippen molar-refractivity contribution < 1.29 is 5.11 Å². The molecule has 1 N–H and O–H groups in total. The number of aromatic hydroxyl groups is 1. The van der Waals surface area contributed by atoms with Crippen LogP contribution in [0, 0.1) is 0 Å². The molecule has 4 aromatic rings. The standard InChI is InChI=1S/C29H28O/c1-29(2,26-17-19-27(30)20-18-26)25-15-13-24(14-16-25)28(23-11-7-4-8-12-23)21-22-9-5-3-6-10-22/h3-20,28,30H,21H2,1-2H3. The first-order chi connectivity index (χ1) is 14.5. The van der Waals surface area contributed by atoms with E-state index < -0.39 is 0 Å². The molecule has 0 amide bonds. The van der Waals surface area contributed by atoms with Crippen LogP contribution < -0.4 is 0 Å². The fourth-order valence-electron chi connectivity index (χ4n) is 4.14. The summed E-state index contributed by atoms with van der Waals surface area (Å²) in [6, 6.07) is 38.1. The maximum Gasteiger partial charge on any atom is 0.115 e. The lowest BCUT2D eigenvalue weighted by Crippen LogP contribution is -2.19. The second-order valence-electron chi connectivity index (χ2n) is 8.45. The van der Waals surface area contributed by atoms with Crippen molar-refractivity contribution in [1.82, 2.24) is 0 Å². The average molecular weight is 393 g/mol. The van der Waals surface area contributed by atoms with Crippen molar-refractivity contribution in [2.45, 2.75) is 31.6 Å². The zero-order valence-corrected chi connectivity index (χ0v) is 17.6. The largest absolute Gasteiger partial charge is 0.508 e. The van der Waals surface area contributed by atoms with E-state index in [1.807, 2.05) is 12.1 Å². The summed E-state index contributed by atoms with van der Waals surface area (Å²) in [5, 5.41) is 9.62. The molecule has 1 heteroatoms. The van der Waals surface area contributed by atoms with Crippen LogP contribution in [0.4, 0.5) is 0 Å². The van der Waals surface area contributed by atoms with E-state index in [1.165, 1.54) is 27.8 Å². The molecule has 150 valence electrons. The van der Waals surface area contributed by atoms with Crippen LogP contribution in [0.25, 0.3) is 0 Å². The maximum atomic E-state index is 9.62. The second-order valence-corrected chi connectivity index (χ2v) is 8.45. The molecule has 0 fully saturated rings. The third-order valence-electron chi connectivity index (χ3n) is 6.11. The molecular weight excluding hydrogens is 364 g/mol. The highest BCUT2D eigenvalue weighted by atomic mass is 16.3. The summed E-state index contributed by atoms with van der Waals surface area (Å²) < 4.78 is 0. The summed E-state index contributed by atoms with van der Waals surface area (Å²) in [4.78, 5) is 0. The van der Waals surface area contributed by atoms with Crippen LogP contribution >= 0.6 is 0 Å². The Morgan fingerprint density at radius 1 is 0.600 bits per heavy atom. The molecule has 4 aromatic carbocycles. The van der Waals surface area contributed by atoms with Crippen molar-refractivity contribution >= 4 is 0 Å². The van der Waals surface area contributed by atoms with Gasteiger partial charge in [0.2, 0.25) is 0 Å². The quantitative estimate of drug-likeness (QED) is 0.371. The Bertz CT molecular complexity index is 1060. The molecule has 0 aliphatic rings. The Morgan fingerprint density at radius 2 is 1.07 bits per heavy atom. The van der Waals surface area contributed by atoms with Gasteiger partial charge in [0.25, 0.3) is 0 Å². The Kier molecular flexibility index (Phi) is 5.72. The SMILES string of the molecule is CC(C)(c1ccc(O)cc1)c1ccc(C(Cc2ccccc2)c2ccccc2)cc1. The first-order valence-corrected chi connectivity index (χ1v) is 10.5. The van der Waals surface area contributed by atoms with Gasteiger partial charge in [-0.15, -0.1) is 0 Å². The van der Waals surface area contributed by atoms with E-state index >= 15 is 0 Å². The number of hydrogen-bond acceptors (Lipinski definition) is 1. The Balaban J connectivity index is 1.66. The number of benzene rings is 4. The Morgan fingerprint density at radius 3 is 1.63 bits per heavy atom. The predicted octanol–water partition coefficient (Wildman–Crippen LogP) is 7.09. The molecule has 0 aliphatic carbocycles. The lowest BCUT2D eigenvalue weighted by Gasteiger charge is -2.27. The fraction of sp³-hybridized carbons (Fsp3) is 0.172. The van der Waals surface area contributed by atoms with Crippen molar-refractivity contribution in [3.63, 3.8) is 0 Å². The van der Waals surface area contributed by atoms with E-state index in [9.17, 15) is 5.11 Å². The molecule has 4 rings (SSSR count). The predicted molar refractivity (Wildman–Crippen MR) is 125 cm³/mol. The number of phenols is 1. The first kappa shape index (κ1) is 20.0. The van der Waals surface area contributed by atoms with Crippen LogP contribution in [-0.2, 0) is 11.8 Å². The second kappa shape index (κ2) is 8.59. The molecular formula is C29H28O. The third-order valence-corrected chi connectivity index (χ3v) is 6.11. The van der Waals surface area contributed by atoms with Gasteiger partial charge in [-0.1, -0.05) is 111 Å². The summed E-state index contributed by atoms with van der Waals surface area (Å²) in [5.74, 6) is 0.621. The normalized spacial score (nSPS) is 12.5. The van der Waals surface area contributed by atoms with Crippen molar-refractivity contribution in [3.8, 4) is 5.75 Å². The maximum absolute atomic E-state index is 9.62. The third kappa shape index (κ3) is 4.31. The molecule has 0 saturated carbocycles. The fourth-order valence-corrected chi connectivity index (χ4v) is 4.14. The molecule has 0 heterocycles. The van der Waals surface area contributed by atoms with E-state index in [2.05, 4.69) is 98.8 Å². The van der Waals surface area contributed by atoms with Gasteiger partial charge >= 0.3 is 0 Å². The Hall–Kier alpha value is -3.32. The number of rotatable bonds is 6. The van der Waals surface area contributed by atoms with Gasteiger partial charge in [0.1, 0.15) is 5.75 Å². The van der Waals surface area contributed by atoms with E-state index in [4.69, 9.17) is 0 Å². The summed E-state index contributed by atoms with van der Waals surface area (Å²) in [6.45, 7) is 4.46. The van der Waals surface area contributed by atoms with Gasteiger partial charge in [-0.2, -0.15) is 0 Å². The Labute approximate surface area is 179 Å². The highest BCUT2D eigenvalue weighted by molar-refractivity contribution is 5.43. The van der Waals surface area contributed by atoms with Crippen molar-refractivity contribution in [2.24, 2.45) is 0 Å². The van der Waals surface area contributed by atoms with Gasteiger partial charge in [-0.25, -0.2) is 0 Å². The molecule has 1 unspecified atom stereocenters. The lowest BCUT2D eigenvalue weighted by molar-refractivity contribution is 0.474. The molecule has 1 nitrogen and oxygen atoms in total. The van der Waals surface area contributed by atoms with E-state index in [0.717, 1.165) is 6.42 Å². The van der Waals surface area contributed by atoms with E-state index in [1.54, 1.807) is 12.1 Å². The van der Waals surface area contributed by atoms with Crippen LogP contribution in [0.5, 0.6) is 5.75 Å².